The van der Waals surface area contributed by atoms with Gasteiger partial charge in [0.25, 0.3) is 0 Å². The number of halogens is 1. The van der Waals surface area contributed by atoms with Gasteiger partial charge in [-0.05, 0) is 88.3 Å². The molecule has 3 aliphatic heterocycles. The van der Waals surface area contributed by atoms with Gasteiger partial charge in [-0.1, -0.05) is 25.0 Å². The van der Waals surface area contributed by atoms with Gasteiger partial charge in [-0.3, -0.25) is 14.4 Å². The lowest BCUT2D eigenvalue weighted by Gasteiger charge is -2.61. The van der Waals surface area contributed by atoms with E-state index in [2.05, 4.69) is 5.32 Å². The molecule has 2 saturated carbocycles. The van der Waals surface area contributed by atoms with E-state index in [-0.39, 0.29) is 36.5 Å². The summed E-state index contributed by atoms with van der Waals surface area (Å²) in [5.74, 6) is -3.09. The summed E-state index contributed by atoms with van der Waals surface area (Å²) in [6, 6.07) is 4.92. The van der Waals surface area contributed by atoms with Crippen molar-refractivity contribution in [2.75, 3.05) is 43.1 Å². The predicted octanol–water partition coefficient (Wildman–Crippen LogP) is 4.99. The van der Waals surface area contributed by atoms with Crippen molar-refractivity contribution in [1.82, 2.24) is 0 Å². The molecule has 1 aromatic rings. The Hall–Kier alpha value is -4.07. The van der Waals surface area contributed by atoms with E-state index in [1.807, 2.05) is 38.7 Å². The van der Waals surface area contributed by atoms with Crippen LogP contribution in [0.3, 0.4) is 0 Å². The Morgan fingerprint density at radius 3 is 2.55 bits per heavy atom. The Kier molecular flexibility index (Phi) is 9.56. The van der Waals surface area contributed by atoms with Crippen LogP contribution in [-0.2, 0) is 42.9 Å². The zero-order chi connectivity index (χ0) is 39.9. The molecule has 1 aromatic carbocycles. The molecule has 13 heteroatoms. The molecule has 8 rings (SSSR count). The number of carbonyl (C=O) groups excluding carboxylic acids is 4. The third-order valence-corrected chi connectivity index (χ3v) is 14.7. The number of morpholine rings is 1. The van der Waals surface area contributed by atoms with E-state index < -0.39 is 70.2 Å². The number of hydrogen-bond donors (Lipinski definition) is 2. The van der Waals surface area contributed by atoms with Crippen LogP contribution >= 0.6 is 0 Å². The third-order valence-electron chi connectivity index (χ3n) is 14.7. The fourth-order valence-corrected chi connectivity index (χ4v) is 11.4. The first-order valence-corrected chi connectivity index (χ1v) is 20.0. The van der Waals surface area contributed by atoms with Gasteiger partial charge in [0, 0.05) is 55.6 Å². The normalized spacial score (nSPS) is 39.0. The molecule has 56 heavy (non-hydrogen) atoms. The van der Waals surface area contributed by atoms with Crippen molar-refractivity contribution < 1.29 is 52.4 Å². The molecule has 0 bridgehead atoms. The topological polar surface area (TPSA) is 153 Å². The minimum Gasteiger partial charge on any atom is -0.458 e. The highest BCUT2D eigenvalue weighted by atomic mass is 19.1. The Morgan fingerprint density at radius 1 is 1.11 bits per heavy atom. The number of hydrogen-bond acceptors (Lipinski definition) is 12. The number of ketones is 1. The maximum atomic E-state index is 15.0. The van der Waals surface area contributed by atoms with E-state index in [1.54, 1.807) is 25.1 Å². The lowest BCUT2D eigenvalue weighted by molar-refractivity contribution is -0.225. The highest BCUT2D eigenvalue weighted by Crippen LogP contribution is 2.74. The summed E-state index contributed by atoms with van der Waals surface area (Å²) >= 11 is 0. The zero-order valence-corrected chi connectivity index (χ0v) is 33.0. The number of aliphatic hydroxyl groups is 1. The predicted molar refractivity (Wildman–Crippen MR) is 202 cm³/mol. The van der Waals surface area contributed by atoms with Gasteiger partial charge in [0.2, 0.25) is 0 Å². The molecule has 12 nitrogen and oxygen atoms in total. The number of nitrogens with zero attached hydrogens (tertiary/aromatic N) is 1. The van der Waals surface area contributed by atoms with Crippen LogP contribution in [0.5, 0.6) is 0 Å². The molecule has 0 aromatic heterocycles. The summed E-state index contributed by atoms with van der Waals surface area (Å²) in [4.78, 5) is 54.8. The van der Waals surface area contributed by atoms with Crippen molar-refractivity contribution in [2.24, 2.45) is 28.6 Å². The van der Waals surface area contributed by atoms with Crippen molar-refractivity contribution in [3.8, 4) is 0 Å². The van der Waals surface area contributed by atoms with E-state index in [9.17, 15) is 28.7 Å². The lowest BCUT2D eigenvalue weighted by atomic mass is 9.42. The highest BCUT2D eigenvalue weighted by Gasteiger charge is 2.83. The summed E-state index contributed by atoms with van der Waals surface area (Å²) in [5.41, 5.74) is -1.23. The monoisotopic (exact) mass is 776 g/mol. The fraction of sp³-hybridized carbons (Fsp3) is 0.628. The molecule has 4 aliphatic carbocycles. The van der Waals surface area contributed by atoms with Crippen LogP contribution in [-0.4, -0.2) is 97.3 Å². The molecule has 0 amide bonds. The maximum Gasteiger partial charge on any atom is 0.333 e. The largest absolute Gasteiger partial charge is 0.458 e. The van der Waals surface area contributed by atoms with Gasteiger partial charge in [0.15, 0.2) is 11.9 Å². The van der Waals surface area contributed by atoms with Gasteiger partial charge in [0.1, 0.15) is 29.2 Å². The quantitative estimate of drug-likeness (QED) is 0.151. The van der Waals surface area contributed by atoms with Gasteiger partial charge in [-0.15, -0.1) is 0 Å². The van der Waals surface area contributed by atoms with Crippen LogP contribution in [0.2, 0.25) is 0 Å². The number of rotatable bonds is 9. The number of carbonyl (C=O) groups is 4. The van der Waals surface area contributed by atoms with Crippen molar-refractivity contribution in [3.05, 3.63) is 59.0 Å². The zero-order valence-electron chi connectivity index (χ0n) is 33.0. The van der Waals surface area contributed by atoms with Crippen LogP contribution < -0.4 is 10.2 Å². The SMILES string of the molecule is CC(=O)O[C@H]1C=C([C@H](C)[C@H]2CC(C)=C(C)C(=O)O2)[C@@]2(C)CC[C@H]3[C@@H](C[C@H]4O[C@]45[C@@H](OC(=O)CCNc4ccc(N6CCOCC6)c(F)c4)C=CC(=O)[C@]35C)[C@@]12O. The van der Waals surface area contributed by atoms with E-state index in [1.165, 1.54) is 19.1 Å². The van der Waals surface area contributed by atoms with E-state index in [0.717, 1.165) is 11.1 Å². The summed E-state index contributed by atoms with van der Waals surface area (Å²) in [6.07, 6.45) is 4.10. The van der Waals surface area contributed by atoms with Crippen molar-refractivity contribution in [3.63, 3.8) is 0 Å². The first-order valence-electron chi connectivity index (χ1n) is 20.0. The number of epoxide rings is 1. The molecule has 302 valence electrons. The maximum absolute atomic E-state index is 15.0. The number of nitrogens with one attached hydrogen (secondary N) is 1. The summed E-state index contributed by atoms with van der Waals surface area (Å²) < 4.78 is 44.8. The fourth-order valence-electron chi connectivity index (χ4n) is 11.4. The van der Waals surface area contributed by atoms with Gasteiger partial charge < -0.3 is 39.0 Å². The number of fused-ring (bicyclic) bond motifs is 4. The first-order chi connectivity index (χ1) is 26.6. The molecule has 3 heterocycles. The average molecular weight is 777 g/mol. The number of allylic oxidation sites excluding steroid dienone is 1. The molecule has 7 aliphatic rings. The summed E-state index contributed by atoms with van der Waals surface area (Å²) in [5, 5.41) is 16.3. The van der Waals surface area contributed by atoms with Gasteiger partial charge >= 0.3 is 17.9 Å². The van der Waals surface area contributed by atoms with Crippen LogP contribution in [0, 0.1) is 34.4 Å². The van der Waals surface area contributed by atoms with E-state index in [0.29, 0.717) is 68.9 Å². The molecule has 4 fully saturated rings. The molecule has 0 unspecified atom stereocenters. The van der Waals surface area contributed by atoms with Crippen molar-refractivity contribution in [1.29, 1.82) is 0 Å². The van der Waals surface area contributed by atoms with E-state index in [4.69, 9.17) is 23.7 Å². The highest BCUT2D eigenvalue weighted by molar-refractivity contribution is 5.98. The molecular formula is C43H53FN2O10. The Balaban J connectivity index is 0.990. The first kappa shape index (κ1) is 38.8. The molecule has 0 radical (unpaired) electrons. The smallest absolute Gasteiger partial charge is 0.333 e. The molecular weight excluding hydrogens is 723 g/mol. The number of ether oxygens (including phenoxy) is 5. The number of esters is 3. The summed E-state index contributed by atoms with van der Waals surface area (Å²) in [7, 11) is 0. The second kappa shape index (κ2) is 13.8. The van der Waals surface area contributed by atoms with Crippen LogP contribution in [0.15, 0.2) is 53.1 Å². The number of cyclic esters (lactones) is 1. The molecule has 2 N–H and O–H groups in total. The Morgan fingerprint density at radius 2 is 1.86 bits per heavy atom. The molecule has 2 saturated heterocycles. The second-order valence-electron chi connectivity index (χ2n) is 17.3. The molecule has 11 atom stereocenters. The average Bonchev–Trinajstić information content (AvgIpc) is 3.85. The molecule has 1 spiro atoms. The van der Waals surface area contributed by atoms with Crippen molar-refractivity contribution in [2.45, 2.75) is 109 Å². The lowest BCUT2D eigenvalue weighted by Crippen LogP contribution is -2.70. The summed E-state index contributed by atoms with van der Waals surface area (Å²) in [6.45, 7) is 13.4. The third kappa shape index (κ3) is 5.69. The van der Waals surface area contributed by atoms with Gasteiger partial charge in [-0.25, -0.2) is 9.18 Å². The van der Waals surface area contributed by atoms with Gasteiger partial charge in [0.05, 0.1) is 36.8 Å². The minimum absolute atomic E-state index is 0.00533. The van der Waals surface area contributed by atoms with Crippen molar-refractivity contribution >= 4 is 35.1 Å². The minimum atomic E-state index is -1.59. The van der Waals surface area contributed by atoms with Crippen LogP contribution in [0.1, 0.15) is 73.6 Å². The Labute approximate surface area is 326 Å². The van der Waals surface area contributed by atoms with Crippen LogP contribution in [0.25, 0.3) is 0 Å². The second-order valence-corrected chi connectivity index (χ2v) is 17.3. The number of anilines is 2. The Bertz CT molecular complexity index is 1940. The number of benzene rings is 1. The van der Waals surface area contributed by atoms with E-state index >= 15 is 0 Å². The van der Waals surface area contributed by atoms with Crippen LogP contribution in [0.4, 0.5) is 15.8 Å². The standard InChI is InChI=1S/C43H53FN2O10/c1-23-19-33(54-39(50)24(23)2)25(3)29-21-36(53-26(4)47)42(51)30-22-37-43(56-37)35(10-9-34(48)41(43,6)28(30)11-13-40(29,42)5)55-38(49)12-14-45-27-7-8-32(31(44)20-27)46-15-17-52-18-16-46/h7-10,20-21,25,28,30,33,35-37,45,51H,11-19,22H2,1-6H3/t25-,28-,30+,33+,35-,36-,37+,40+,41-,42+,43+/m0/s1. The van der Waals surface area contributed by atoms with Gasteiger partial charge in [-0.2, -0.15) is 0 Å².